The highest BCUT2D eigenvalue weighted by molar-refractivity contribution is 5.77. The number of carbonyl (C=O) groups is 1. The van der Waals surface area contributed by atoms with Crippen molar-refractivity contribution in [1.82, 2.24) is 10.2 Å². The van der Waals surface area contributed by atoms with E-state index in [1.807, 2.05) is 12.1 Å². The molecule has 0 radical (unpaired) electrons. The van der Waals surface area contributed by atoms with Crippen molar-refractivity contribution < 1.29 is 18.7 Å². The molecule has 1 aromatic carbocycles. The second kappa shape index (κ2) is 8.99. The number of carbonyl (C=O) groups excluding carboxylic acids is 1. The van der Waals surface area contributed by atoms with Crippen LogP contribution in [0.2, 0.25) is 0 Å². The fourth-order valence-corrected chi connectivity index (χ4v) is 4.60. The Morgan fingerprint density at radius 2 is 1.89 bits per heavy atom. The number of nitrogens with one attached hydrogen (secondary N) is 1. The lowest BCUT2D eigenvalue weighted by Gasteiger charge is -2.37. The molecule has 1 aliphatic carbocycles. The Morgan fingerprint density at radius 3 is 2.64 bits per heavy atom. The fourth-order valence-electron chi connectivity index (χ4n) is 4.60. The number of alkyl halides is 1. The van der Waals surface area contributed by atoms with Gasteiger partial charge in [0.05, 0.1) is 5.69 Å². The van der Waals surface area contributed by atoms with Crippen molar-refractivity contribution in [2.45, 2.75) is 38.1 Å². The summed E-state index contributed by atoms with van der Waals surface area (Å²) in [6, 6.07) is 6.27. The molecule has 1 aromatic rings. The van der Waals surface area contributed by atoms with Crippen LogP contribution in [-0.2, 0) is 4.79 Å². The van der Waals surface area contributed by atoms with Crippen molar-refractivity contribution in [3.8, 4) is 11.5 Å². The van der Waals surface area contributed by atoms with E-state index in [1.54, 1.807) is 0 Å². The molecule has 0 aromatic heterocycles. The summed E-state index contributed by atoms with van der Waals surface area (Å²) in [7, 11) is 0. The van der Waals surface area contributed by atoms with Crippen LogP contribution in [0.3, 0.4) is 0 Å². The van der Waals surface area contributed by atoms with Crippen LogP contribution < -0.4 is 19.7 Å². The van der Waals surface area contributed by atoms with Crippen molar-refractivity contribution in [3.63, 3.8) is 0 Å². The molecule has 0 unspecified atom stereocenters. The van der Waals surface area contributed by atoms with E-state index in [1.165, 1.54) is 6.42 Å². The number of hydrogen-bond donors (Lipinski definition) is 1. The van der Waals surface area contributed by atoms with E-state index in [0.29, 0.717) is 6.79 Å². The van der Waals surface area contributed by atoms with Gasteiger partial charge >= 0.3 is 0 Å². The molecule has 1 saturated carbocycles. The summed E-state index contributed by atoms with van der Waals surface area (Å²) >= 11 is 0. The lowest BCUT2D eigenvalue weighted by Crippen LogP contribution is -2.47. The Balaban J connectivity index is 1.18. The molecule has 2 fully saturated rings. The van der Waals surface area contributed by atoms with E-state index in [2.05, 4.69) is 21.2 Å². The van der Waals surface area contributed by atoms with Gasteiger partial charge in [-0.15, -0.1) is 0 Å². The van der Waals surface area contributed by atoms with Gasteiger partial charge in [0.25, 0.3) is 5.91 Å². The molecule has 4 rings (SSSR count). The molecule has 6 nitrogen and oxygen atoms in total. The molecule has 0 bridgehead atoms. The molecule has 28 heavy (non-hydrogen) atoms. The van der Waals surface area contributed by atoms with Crippen LogP contribution >= 0.6 is 0 Å². The zero-order valence-corrected chi connectivity index (χ0v) is 16.4. The zero-order valence-electron chi connectivity index (χ0n) is 16.4. The van der Waals surface area contributed by atoms with E-state index in [9.17, 15) is 9.18 Å². The molecular weight excluding hydrogens is 361 g/mol. The number of para-hydroxylation sites is 1. The Hall–Kier alpha value is -2.02. The van der Waals surface area contributed by atoms with Gasteiger partial charge in [0, 0.05) is 32.2 Å². The highest BCUT2D eigenvalue weighted by Crippen LogP contribution is 2.41. The third-order valence-corrected chi connectivity index (χ3v) is 6.28. The Bertz CT molecular complexity index is 671. The van der Waals surface area contributed by atoms with Gasteiger partial charge < -0.3 is 19.7 Å². The number of amides is 1. The van der Waals surface area contributed by atoms with Gasteiger partial charge in [-0.1, -0.05) is 6.07 Å². The standard InChI is InChI=1S/C21H30FN3O3/c22-14-20(26)23-17-6-4-16(5-7-17)8-9-24-10-12-25(13-11-24)18-2-1-3-19-21(18)28-15-27-19/h1-3,16-17H,4-15H2,(H,23,26)/t16-,17-. The van der Waals surface area contributed by atoms with Crippen LogP contribution in [0, 0.1) is 5.92 Å². The van der Waals surface area contributed by atoms with Gasteiger partial charge in [0.15, 0.2) is 18.2 Å². The quantitative estimate of drug-likeness (QED) is 0.808. The third kappa shape index (κ3) is 4.51. The lowest BCUT2D eigenvalue weighted by molar-refractivity contribution is -0.122. The predicted molar refractivity (Wildman–Crippen MR) is 106 cm³/mol. The summed E-state index contributed by atoms with van der Waals surface area (Å²) in [5.74, 6) is 1.98. The van der Waals surface area contributed by atoms with Gasteiger partial charge in [-0.25, -0.2) is 4.39 Å². The number of piperazine rings is 1. The molecule has 0 spiro atoms. The molecular formula is C21H30FN3O3. The Kier molecular flexibility index (Phi) is 6.20. The summed E-state index contributed by atoms with van der Waals surface area (Å²) < 4.78 is 23.5. The molecule has 1 N–H and O–H groups in total. The predicted octanol–water partition coefficient (Wildman–Crippen LogP) is 2.57. The van der Waals surface area contributed by atoms with Crippen molar-refractivity contribution in [2.75, 3.05) is 51.1 Å². The maximum atomic E-state index is 12.3. The average molecular weight is 391 g/mol. The SMILES string of the molecule is O=C(CF)N[C@H]1CC[C@H](CCN2CCN(c3cccc4c3OCO4)CC2)CC1. The van der Waals surface area contributed by atoms with Crippen molar-refractivity contribution in [1.29, 1.82) is 0 Å². The molecule has 2 heterocycles. The first-order chi connectivity index (χ1) is 13.7. The van der Waals surface area contributed by atoms with E-state index < -0.39 is 12.6 Å². The minimum Gasteiger partial charge on any atom is -0.454 e. The van der Waals surface area contributed by atoms with Gasteiger partial charge in [-0.2, -0.15) is 0 Å². The highest BCUT2D eigenvalue weighted by Gasteiger charge is 2.26. The number of ether oxygens (including phenoxy) is 2. The zero-order chi connectivity index (χ0) is 19.3. The second-order valence-electron chi connectivity index (χ2n) is 8.05. The van der Waals surface area contributed by atoms with Crippen LogP contribution in [0.25, 0.3) is 0 Å². The molecule has 3 aliphatic rings. The summed E-state index contributed by atoms with van der Waals surface area (Å²) in [4.78, 5) is 16.1. The minimum absolute atomic E-state index is 0.168. The number of nitrogens with zero attached hydrogens (tertiary/aromatic N) is 2. The Labute approximate surface area is 166 Å². The number of anilines is 1. The van der Waals surface area contributed by atoms with E-state index in [-0.39, 0.29) is 6.04 Å². The van der Waals surface area contributed by atoms with Gasteiger partial charge in [-0.3, -0.25) is 9.69 Å². The molecule has 1 amide bonds. The van der Waals surface area contributed by atoms with Crippen LogP contribution in [0.15, 0.2) is 18.2 Å². The van der Waals surface area contributed by atoms with Crippen molar-refractivity contribution in [3.05, 3.63) is 18.2 Å². The summed E-state index contributed by atoms with van der Waals surface area (Å²) in [5.41, 5.74) is 1.14. The van der Waals surface area contributed by atoms with Gasteiger partial charge in [0.1, 0.15) is 0 Å². The number of halogens is 1. The first-order valence-corrected chi connectivity index (χ1v) is 10.4. The summed E-state index contributed by atoms with van der Waals surface area (Å²) in [6.07, 6.45) is 5.42. The molecule has 1 saturated heterocycles. The number of benzene rings is 1. The Morgan fingerprint density at radius 1 is 1.11 bits per heavy atom. The van der Waals surface area contributed by atoms with Crippen LogP contribution in [0.4, 0.5) is 10.1 Å². The van der Waals surface area contributed by atoms with Crippen LogP contribution in [0.5, 0.6) is 11.5 Å². The molecule has 2 aliphatic heterocycles. The normalized spacial score (nSPS) is 25.0. The lowest BCUT2D eigenvalue weighted by atomic mass is 9.84. The number of rotatable bonds is 6. The van der Waals surface area contributed by atoms with Gasteiger partial charge in [-0.05, 0) is 56.7 Å². The van der Waals surface area contributed by atoms with Crippen molar-refractivity contribution in [2.24, 2.45) is 5.92 Å². The summed E-state index contributed by atoms with van der Waals surface area (Å²) in [6.45, 7) is 4.66. The fraction of sp³-hybridized carbons (Fsp3) is 0.667. The topological polar surface area (TPSA) is 54.0 Å². The number of fused-ring (bicyclic) bond motifs is 1. The maximum absolute atomic E-state index is 12.3. The summed E-state index contributed by atoms with van der Waals surface area (Å²) in [5, 5.41) is 2.78. The first-order valence-electron chi connectivity index (χ1n) is 10.4. The minimum atomic E-state index is -0.906. The van der Waals surface area contributed by atoms with Crippen LogP contribution in [0.1, 0.15) is 32.1 Å². The first kappa shape index (κ1) is 19.3. The van der Waals surface area contributed by atoms with Crippen molar-refractivity contribution >= 4 is 11.6 Å². The largest absolute Gasteiger partial charge is 0.454 e. The van der Waals surface area contributed by atoms with E-state index in [4.69, 9.17) is 9.47 Å². The van der Waals surface area contributed by atoms with E-state index >= 15 is 0 Å². The molecule has 154 valence electrons. The molecule has 0 atom stereocenters. The highest BCUT2D eigenvalue weighted by atomic mass is 19.1. The third-order valence-electron chi connectivity index (χ3n) is 6.28. The smallest absolute Gasteiger partial charge is 0.251 e. The van der Waals surface area contributed by atoms with Gasteiger partial charge in [0.2, 0.25) is 6.79 Å². The second-order valence-corrected chi connectivity index (χ2v) is 8.05. The number of hydrogen-bond acceptors (Lipinski definition) is 5. The average Bonchev–Trinajstić information content (AvgIpc) is 3.22. The monoisotopic (exact) mass is 391 g/mol. The maximum Gasteiger partial charge on any atom is 0.251 e. The molecule has 7 heteroatoms. The van der Waals surface area contributed by atoms with E-state index in [0.717, 1.165) is 81.5 Å². The van der Waals surface area contributed by atoms with Crippen LogP contribution in [-0.4, -0.2) is 63.0 Å².